The van der Waals surface area contributed by atoms with Crippen molar-refractivity contribution in [3.05, 3.63) is 47.0 Å². The lowest BCUT2D eigenvalue weighted by Gasteiger charge is -2.25. The Morgan fingerprint density at radius 1 is 1.27 bits per heavy atom. The van der Waals surface area contributed by atoms with Crippen LogP contribution in [0.1, 0.15) is 19.4 Å². The lowest BCUT2D eigenvalue weighted by atomic mass is 10.0. The number of nitrogens with zero attached hydrogens (tertiary/aromatic N) is 1. The van der Waals surface area contributed by atoms with Crippen LogP contribution in [0, 0.1) is 5.92 Å². The molecule has 138 valence electrons. The Kier molecular flexibility index (Phi) is 5.39. The summed E-state index contributed by atoms with van der Waals surface area (Å²) >= 11 is 6.08. The summed E-state index contributed by atoms with van der Waals surface area (Å²) in [6.07, 6.45) is 0. The van der Waals surface area contributed by atoms with Crippen LogP contribution < -0.4 is 10.5 Å². The molecule has 0 aromatic heterocycles. The molecule has 2 aromatic carbocycles. The monoisotopic (exact) mass is 374 g/mol. The maximum atomic E-state index is 12.7. The van der Waals surface area contributed by atoms with Gasteiger partial charge in [-0.2, -0.15) is 0 Å². The summed E-state index contributed by atoms with van der Waals surface area (Å²) in [6, 6.07) is 10.4. The van der Waals surface area contributed by atoms with Crippen molar-refractivity contribution in [3.63, 3.8) is 0 Å². The van der Waals surface area contributed by atoms with Gasteiger partial charge in [-0.15, -0.1) is 0 Å². The van der Waals surface area contributed by atoms with Crippen molar-refractivity contribution in [2.24, 2.45) is 11.7 Å². The molecule has 0 aliphatic carbocycles. The largest absolute Gasteiger partial charge is 0.504 e. The molecule has 3 N–H and O–H groups in total. The first-order valence-corrected chi connectivity index (χ1v) is 9.03. The highest BCUT2D eigenvalue weighted by atomic mass is 35.5. The molecule has 26 heavy (non-hydrogen) atoms. The minimum Gasteiger partial charge on any atom is -0.504 e. The summed E-state index contributed by atoms with van der Waals surface area (Å²) in [4.78, 5) is 14.3. The van der Waals surface area contributed by atoms with Gasteiger partial charge in [0.1, 0.15) is 6.61 Å². The number of hydrogen-bond donors (Lipinski definition) is 2. The van der Waals surface area contributed by atoms with Crippen molar-refractivity contribution in [1.82, 2.24) is 4.90 Å². The maximum Gasteiger partial charge on any atom is 0.240 e. The number of nitrogens with two attached hydrogens (primary N) is 1. The number of rotatable bonds is 3. The molecular formula is C20H23ClN2O3. The van der Waals surface area contributed by atoms with Crippen molar-refractivity contribution >= 4 is 17.5 Å². The number of amides is 1. The average molecular weight is 375 g/mol. The van der Waals surface area contributed by atoms with E-state index in [-0.39, 0.29) is 17.6 Å². The summed E-state index contributed by atoms with van der Waals surface area (Å²) in [5.41, 5.74) is 8.49. The predicted octanol–water partition coefficient (Wildman–Crippen LogP) is 3.42. The summed E-state index contributed by atoms with van der Waals surface area (Å²) in [5, 5.41) is 11.0. The molecule has 0 saturated heterocycles. The number of ether oxygens (including phenoxy) is 1. The van der Waals surface area contributed by atoms with Gasteiger partial charge >= 0.3 is 0 Å². The molecule has 1 amide bonds. The molecule has 1 aliphatic rings. The van der Waals surface area contributed by atoms with Gasteiger partial charge in [-0.25, -0.2) is 0 Å². The maximum absolute atomic E-state index is 12.7. The smallest absolute Gasteiger partial charge is 0.240 e. The number of phenolic OH excluding ortho intramolecular Hbond substituents is 1. The number of hydrogen-bond acceptors (Lipinski definition) is 4. The van der Waals surface area contributed by atoms with E-state index in [2.05, 4.69) is 0 Å². The van der Waals surface area contributed by atoms with E-state index in [4.69, 9.17) is 22.1 Å². The van der Waals surface area contributed by atoms with Gasteiger partial charge in [0, 0.05) is 17.1 Å². The minimum atomic E-state index is -0.554. The predicted molar refractivity (Wildman–Crippen MR) is 102 cm³/mol. The molecule has 0 bridgehead atoms. The van der Waals surface area contributed by atoms with Gasteiger partial charge in [-0.1, -0.05) is 37.6 Å². The third-order valence-electron chi connectivity index (χ3n) is 4.59. The topological polar surface area (TPSA) is 75.8 Å². The van der Waals surface area contributed by atoms with E-state index in [9.17, 15) is 9.90 Å². The van der Waals surface area contributed by atoms with Gasteiger partial charge in [0.25, 0.3) is 0 Å². The number of carbonyl (C=O) groups excluding carboxylic acids is 1. The minimum absolute atomic E-state index is 0.0531. The standard InChI is InChI=1S/C20H23ClN2O3/c1-12(2)18(22)20(25)23-6-7-26-19-15(11-23)8-14(10-17(19)24)13-4-3-5-16(21)9-13/h3-5,8-10,12,18,24H,6-7,11,22H2,1-2H3/t18-/m1/s1. The number of carbonyl (C=O) groups is 1. The van der Waals surface area contributed by atoms with Gasteiger partial charge in [0.2, 0.25) is 5.91 Å². The molecule has 0 unspecified atom stereocenters. The van der Waals surface area contributed by atoms with Crippen LogP contribution >= 0.6 is 11.6 Å². The summed E-state index contributed by atoms with van der Waals surface area (Å²) in [5.74, 6) is 0.422. The van der Waals surface area contributed by atoms with Crippen LogP contribution in [0.2, 0.25) is 5.02 Å². The van der Waals surface area contributed by atoms with Crippen molar-refractivity contribution in [3.8, 4) is 22.6 Å². The molecule has 2 aromatic rings. The molecule has 6 heteroatoms. The molecule has 1 heterocycles. The molecule has 3 rings (SSSR count). The fourth-order valence-corrected chi connectivity index (χ4v) is 3.21. The third-order valence-corrected chi connectivity index (χ3v) is 4.82. The normalized spacial score (nSPS) is 15.2. The van der Waals surface area contributed by atoms with Crippen LogP contribution in [-0.2, 0) is 11.3 Å². The van der Waals surface area contributed by atoms with Crippen LogP contribution in [0.25, 0.3) is 11.1 Å². The highest BCUT2D eigenvalue weighted by Gasteiger charge is 2.27. The van der Waals surface area contributed by atoms with E-state index in [0.29, 0.717) is 30.5 Å². The van der Waals surface area contributed by atoms with E-state index in [0.717, 1.165) is 16.7 Å². The first-order valence-electron chi connectivity index (χ1n) is 8.66. The van der Waals surface area contributed by atoms with Gasteiger partial charge < -0.3 is 20.5 Å². The van der Waals surface area contributed by atoms with E-state index in [1.165, 1.54) is 0 Å². The Bertz CT molecular complexity index is 823. The van der Waals surface area contributed by atoms with Gasteiger partial charge in [-0.3, -0.25) is 4.79 Å². The second-order valence-corrected chi connectivity index (χ2v) is 7.31. The molecule has 0 fully saturated rings. The number of aromatic hydroxyl groups is 1. The van der Waals surface area contributed by atoms with Crippen LogP contribution in [0.3, 0.4) is 0 Å². The first-order chi connectivity index (χ1) is 12.4. The van der Waals surface area contributed by atoms with Crippen LogP contribution in [0.5, 0.6) is 11.5 Å². The van der Waals surface area contributed by atoms with Crippen molar-refractivity contribution in [2.45, 2.75) is 26.4 Å². The number of benzene rings is 2. The SMILES string of the molecule is CC(C)[C@@H](N)C(=O)N1CCOc2c(O)cc(-c3cccc(Cl)c3)cc2C1. The molecule has 1 aliphatic heterocycles. The summed E-state index contributed by atoms with van der Waals surface area (Å²) in [6.45, 7) is 4.94. The van der Waals surface area contributed by atoms with Gasteiger partial charge in [0.05, 0.1) is 12.6 Å². The van der Waals surface area contributed by atoms with Crippen molar-refractivity contribution < 1.29 is 14.6 Å². The number of phenols is 1. The van der Waals surface area contributed by atoms with Gasteiger partial charge in [-0.05, 0) is 41.3 Å². The Morgan fingerprint density at radius 3 is 2.73 bits per heavy atom. The lowest BCUT2D eigenvalue weighted by molar-refractivity contribution is -0.134. The van der Waals surface area contributed by atoms with Crippen molar-refractivity contribution in [1.29, 1.82) is 0 Å². The van der Waals surface area contributed by atoms with Gasteiger partial charge in [0.15, 0.2) is 11.5 Å². The second-order valence-electron chi connectivity index (χ2n) is 6.87. The third kappa shape index (κ3) is 3.79. The first kappa shape index (κ1) is 18.5. The molecule has 0 spiro atoms. The lowest BCUT2D eigenvalue weighted by Crippen LogP contribution is -2.46. The van der Waals surface area contributed by atoms with Crippen LogP contribution in [-0.4, -0.2) is 35.1 Å². The van der Waals surface area contributed by atoms with E-state index < -0.39 is 6.04 Å². The van der Waals surface area contributed by atoms with Crippen LogP contribution in [0.15, 0.2) is 36.4 Å². The zero-order valence-corrected chi connectivity index (χ0v) is 15.7. The zero-order valence-electron chi connectivity index (χ0n) is 14.9. The Hall–Kier alpha value is -2.24. The quantitative estimate of drug-likeness (QED) is 0.863. The fourth-order valence-electron chi connectivity index (χ4n) is 3.02. The second kappa shape index (κ2) is 7.56. The molecule has 1 atom stereocenters. The number of fused-ring (bicyclic) bond motifs is 1. The van der Waals surface area contributed by atoms with Crippen LogP contribution in [0.4, 0.5) is 0 Å². The highest BCUT2D eigenvalue weighted by Crippen LogP contribution is 2.38. The van der Waals surface area contributed by atoms with E-state index in [1.807, 2.05) is 38.1 Å². The fraction of sp³-hybridized carbons (Fsp3) is 0.350. The van der Waals surface area contributed by atoms with E-state index >= 15 is 0 Å². The van der Waals surface area contributed by atoms with Crippen molar-refractivity contribution in [2.75, 3.05) is 13.2 Å². The molecule has 0 radical (unpaired) electrons. The molecule has 0 saturated carbocycles. The highest BCUT2D eigenvalue weighted by molar-refractivity contribution is 6.30. The summed E-state index contributed by atoms with van der Waals surface area (Å²) < 4.78 is 5.70. The van der Waals surface area contributed by atoms with E-state index in [1.54, 1.807) is 17.0 Å². The Morgan fingerprint density at radius 2 is 2.04 bits per heavy atom. The Labute approximate surface area is 158 Å². The zero-order chi connectivity index (χ0) is 18.8. The molecule has 5 nitrogen and oxygen atoms in total. The average Bonchev–Trinajstić information content (AvgIpc) is 2.83. The summed E-state index contributed by atoms with van der Waals surface area (Å²) in [7, 11) is 0. The Balaban J connectivity index is 1.96. The number of halogens is 1. The molecular weight excluding hydrogens is 352 g/mol.